The van der Waals surface area contributed by atoms with Crippen molar-refractivity contribution in [1.82, 2.24) is 0 Å². The van der Waals surface area contributed by atoms with E-state index in [-0.39, 0.29) is 5.41 Å². The van der Waals surface area contributed by atoms with Crippen LogP contribution in [0.5, 0.6) is 0 Å². The van der Waals surface area contributed by atoms with Crippen LogP contribution in [-0.2, 0) is 10.2 Å². The topological polar surface area (TPSA) is 35.2 Å². The van der Waals surface area contributed by atoms with Crippen LogP contribution in [0.15, 0.2) is 15.9 Å². The summed E-state index contributed by atoms with van der Waals surface area (Å²) < 4.78 is 6.57. The van der Waals surface area contributed by atoms with Crippen molar-refractivity contribution >= 4 is 27.3 Å². The van der Waals surface area contributed by atoms with Crippen LogP contribution in [0.25, 0.3) is 0 Å². The standard InChI is InChI=1S/C11H16BrNOS/c1-8(4-13)3-11(6-14-7-11)10-2-9(12)5-15-10/h2,5,8H,3-4,6-7,13H2,1H3. The lowest BCUT2D eigenvalue weighted by atomic mass is 9.77. The Bertz CT molecular complexity index is 335. The quantitative estimate of drug-likeness (QED) is 0.925. The molecule has 1 unspecified atom stereocenters. The van der Waals surface area contributed by atoms with E-state index >= 15 is 0 Å². The Morgan fingerprint density at radius 3 is 2.80 bits per heavy atom. The molecule has 0 radical (unpaired) electrons. The molecule has 4 heteroatoms. The lowest BCUT2D eigenvalue weighted by Crippen LogP contribution is -2.47. The third-order valence-corrected chi connectivity index (χ3v) is 4.93. The highest BCUT2D eigenvalue weighted by Gasteiger charge is 2.42. The molecule has 0 aromatic carbocycles. The molecule has 84 valence electrons. The highest BCUT2D eigenvalue weighted by atomic mass is 79.9. The molecule has 1 saturated heterocycles. The van der Waals surface area contributed by atoms with Crippen molar-refractivity contribution in [3.05, 3.63) is 20.8 Å². The Morgan fingerprint density at radius 2 is 2.40 bits per heavy atom. The molecular weight excluding hydrogens is 274 g/mol. The van der Waals surface area contributed by atoms with Crippen LogP contribution in [0.2, 0.25) is 0 Å². The van der Waals surface area contributed by atoms with Crippen molar-refractivity contribution < 1.29 is 4.74 Å². The van der Waals surface area contributed by atoms with Crippen molar-refractivity contribution in [2.45, 2.75) is 18.8 Å². The molecule has 0 spiro atoms. The average molecular weight is 290 g/mol. The van der Waals surface area contributed by atoms with Gasteiger partial charge in [0.25, 0.3) is 0 Å². The maximum absolute atomic E-state index is 5.69. The summed E-state index contributed by atoms with van der Waals surface area (Å²) in [6.45, 7) is 4.67. The van der Waals surface area contributed by atoms with Gasteiger partial charge in [-0.15, -0.1) is 11.3 Å². The molecular formula is C11H16BrNOS. The van der Waals surface area contributed by atoms with E-state index in [2.05, 4.69) is 34.3 Å². The van der Waals surface area contributed by atoms with Crippen LogP contribution >= 0.6 is 27.3 Å². The summed E-state index contributed by atoms with van der Waals surface area (Å²) >= 11 is 5.32. The highest BCUT2D eigenvalue weighted by Crippen LogP contribution is 2.41. The predicted molar refractivity (Wildman–Crippen MR) is 67.4 cm³/mol. The van der Waals surface area contributed by atoms with Gasteiger partial charge in [0.15, 0.2) is 0 Å². The molecule has 0 saturated carbocycles. The smallest absolute Gasteiger partial charge is 0.0593 e. The summed E-state index contributed by atoms with van der Waals surface area (Å²) in [5.41, 5.74) is 5.94. The molecule has 1 aliphatic rings. The van der Waals surface area contributed by atoms with Crippen LogP contribution in [-0.4, -0.2) is 19.8 Å². The second-order valence-corrected chi connectivity index (χ2v) is 6.27. The number of ether oxygens (including phenoxy) is 1. The van der Waals surface area contributed by atoms with Crippen LogP contribution < -0.4 is 5.73 Å². The fourth-order valence-corrected chi connectivity index (χ4v) is 3.67. The molecule has 2 N–H and O–H groups in total. The van der Waals surface area contributed by atoms with E-state index in [4.69, 9.17) is 10.5 Å². The van der Waals surface area contributed by atoms with Crippen molar-refractivity contribution in [3.63, 3.8) is 0 Å². The van der Waals surface area contributed by atoms with E-state index in [0.29, 0.717) is 5.92 Å². The Balaban J connectivity index is 2.14. The van der Waals surface area contributed by atoms with Crippen molar-refractivity contribution in [3.8, 4) is 0 Å². The lowest BCUT2D eigenvalue weighted by Gasteiger charge is -2.42. The molecule has 1 aromatic rings. The summed E-state index contributed by atoms with van der Waals surface area (Å²) in [6, 6.07) is 2.22. The van der Waals surface area contributed by atoms with Crippen LogP contribution in [0, 0.1) is 5.92 Å². The number of rotatable bonds is 4. The minimum Gasteiger partial charge on any atom is -0.379 e. The first-order valence-electron chi connectivity index (χ1n) is 5.18. The van der Waals surface area contributed by atoms with Crippen molar-refractivity contribution in [2.24, 2.45) is 11.7 Å². The summed E-state index contributed by atoms with van der Waals surface area (Å²) in [5, 5.41) is 2.14. The van der Waals surface area contributed by atoms with E-state index in [1.165, 1.54) is 9.35 Å². The van der Waals surface area contributed by atoms with Gasteiger partial charge in [-0.1, -0.05) is 6.92 Å². The number of hydrogen-bond donors (Lipinski definition) is 1. The van der Waals surface area contributed by atoms with E-state index < -0.39 is 0 Å². The molecule has 0 bridgehead atoms. The number of thiophene rings is 1. The van der Waals surface area contributed by atoms with E-state index in [0.717, 1.165) is 26.2 Å². The number of nitrogens with two attached hydrogens (primary N) is 1. The summed E-state index contributed by atoms with van der Waals surface area (Å²) in [4.78, 5) is 1.43. The van der Waals surface area contributed by atoms with Crippen LogP contribution in [0.1, 0.15) is 18.2 Å². The molecule has 1 atom stereocenters. The minimum atomic E-state index is 0.246. The first-order valence-corrected chi connectivity index (χ1v) is 6.86. The van der Waals surface area contributed by atoms with Crippen LogP contribution in [0.3, 0.4) is 0 Å². The zero-order chi connectivity index (χ0) is 10.9. The first kappa shape index (κ1) is 11.6. The number of hydrogen-bond acceptors (Lipinski definition) is 3. The van der Waals surface area contributed by atoms with Gasteiger partial charge in [0.05, 0.1) is 18.6 Å². The third-order valence-electron chi connectivity index (χ3n) is 2.99. The monoisotopic (exact) mass is 289 g/mol. The van der Waals surface area contributed by atoms with Gasteiger partial charge in [-0.05, 0) is 40.9 Å². The maximum atomic E-state index is 5.69. The zero-order valence-electron chi connectivity index (χ0n) is 8.83. The lowest BCUT2D eigenvalue weighted by molar-refractivity contribution is -0.0683. The molecule has 1 aromatic heterocycles. The molecule has 2 rings (SSSR count). The fourth-order valence-electron chi connectivity index (χ4n) is 2.05. The normalized spacial score (nSPS) is 21.0. The van der Waals surface area contributed by atoms with Gasteiger partial charge in [0, 0.05) is 14.7 Å². The maximum Gasteiger partial charge on any atom is 0.0593 e. The van der Waals surface area contributed by atoms with Crippen LogP contribution in [0.4, 0.5) is 0 Å². The summed E-state index contributed by atoms with van der Waals surface area (Å²) in [5.74, 6) is 0.565. The van der Waals surface area contributed by atoms with E-state index in [9.17, 15) is 0 Å². The molecule has 2 nitrogen and oxygen atoms in total. The van der Waals surface area contributed by atoms with E-state index in [1.54, 1.807) is 0 Å². The molecule has 2 heterocycles. The Morgan fingerprint density at radius 1 is 1.67 bits per heavy atom. The Kier molecular flexibility index (Phi) is 3.50. The van der Waals surface area contributed by atoms with Crippen molar-refractivity contribution in [1.29, 1.82) is 0 Å². The van der Waals surface area contributed by atoms with Gasteiger partial charge in [-0.3, -0.25) is 0 Å². The fraction of sp³-hybridized carbons (Fsp3) is 0.636. The SMILES string of the molecule is CC(CN)CC1(c2cc(Br)cs2)COC1. The van der Waals surface area contributed by atoms with Gasteiger partial charge in [0.2, 0.25) is 0 Å². The average Bonchev–Trinajstić information content (AvgIpc) is 2.58. The molecule has 15 heavy (non-hydrogen) atoms. The zero-order valence-corrected chi connectivity index (χ0v) is 11.2. The largest absolute Gasteiger partial charge is 0.379 e. The first-order chi connectivity index (χ1) is 7.16. The minimum absolute atomic E-state index is 0.246. The summed E-state index contributed by atoms with van der Waals surface area (Å²) in [7, 11) is 0. The second-order valence-electron chi connectivity index (χ2n) is 4.45. The second kappa shape index (κ2) is 4.53. The molecule has 0 aliphatic carbocycles. The molecule has 1 fully saturated rings. The predicted octanol–water partition coefficient (Wildman–Crippen LogP) is 2.76. The van der Waals surface area contributed by atoms with Gasteiger partial charge in [-0.2, -0.15) is 0 Å². The van der Waals surface area contributed by atoms with Gasteiger partial charge in [-0.25, -0.2) is 0 Å². The molecule has 1 aliphatic heterocycles. The number of halogens is 1. The van der Waals surface area contributed by atoms with Gasteiger partial charge >= 0.3 is 0 Å². The Hall–Kier alpha value is 0.1000. The highest BCUT2D eigenvalue weighted by molar-refractivity contribution is 9.10. The Labute approximate surface area is 103 Å². The van der Waals surface area contributed by atoms with Crippen molar-refractivity contribution in [2.75, 3.05) is 19.8 Å². The van der Waals surface area contributed by atoms with Gasteiger partial charge in [0.1, 0.15) is 0 Å². The summed E-state index contributed by atoms with van der Waals surface area (Å²) in [6.07, 6.45) is 1.14. The third kappa shape index (κ3) is 2.28. The van der Waals surface area contributed by atoms with E-state index in [1.807, 2.05) is 11.3 Å². The van der Waals surface area contributed by atoms with Gasteiger partial charge < -0.3 is 10.5 Å². The molecule has 0 amide bonds.